The van der Waals surface area contributed by atoms with Crippen LogP contribution in [0.25, 0.3) is 0 Å². The Hall–Kier alpha value is -0.0800. The molecule has 0 aliphatic carbocycles. The first-order valence-electron chi connectivity index (χ1n) is 4.79. The Morgan fingerprint density at radius 1 is 1.00 bits per heavy atom. The minimum Gasteiger partial charge on any atom is -0.330 e. The van der Waals surface area contributed by atoms with Crippen molar-refractivity contribution in [2.75, 3.05) is 13.1 Å². The molecule has 2 heteroatoms. The van der Waals surface area contributed by atoms with Crippen molar-refractivity contribution in [1.29, 1.82) is 0 Å². The SMILES string of the molecule is CCC(C)(CN)CC(C)(C)CN. The average Bonchev–Trinajstić information content (AvgIpc) is 2.04. The number of rotatable bonds is 5. The Kier molecular flexibility index (Phi) is 4.21. The van der Waals surface area contributed by atoms with Gasteiger partial charge in [0.25, 0.3) is 0 Å². The quantitative estimate of drug-likeness (QED) is 0.663. The van der Waals surface area contributed by atoms with Gasteiger partial charge in [-0.1, -0.05) is 27.7 Å². The standard InChI is InChI=1S/C10H24N2/c1-5-10(4,8-12)6-9(2,3)7-11/h5-8,11-12H2,1-4H3. The largest absolute Gasteiger partial charge is 0.330 e. The van der Waals surface area contributed by atoms with Crippen LogP contribution in [0.1, 0.15) is 40.5 Å². The van der Waals surface area contributed by atoms with Gasteiger partial charge in [-0.3, -0.25) is 0 Å². The Bertz CT molecular complexity index is 126. The second-order valence-corrected chi connectivity index (χ2v) is 4.91. The lowest BCUT2D eigenvalue weighted by Gasteiger charge is -2.35. The molecular formula is C10H24N2. The first-order chi connectivity index (χ1) is 5.39. The van der Waals surface area contributed by atoms with Crippen LogP contribution >= 0.6 is 0 Å². The van der Waals surface area contributed by atoms with Crippen molar-refractivity contribution in [1.82, 2.24) is 0 Å². The third kappa shape index (κ3) is 3.55. The minimum absolute atomic E-state index is 0.226. The summed E-state index contributed by atoms with van der Waals surface area (Å²) in [5.74, 6) is 0. The van der Waals surface area contributed by atoms with Crippen LogP contribution in [0, 0.1) is 10.8 Å². The lowest BCUT2D eigenvalue weighted by molar-refractivity contribution is 0.182. The van der Waals surface area contributed by atoms with Gasteiger partial charge in [-0.2, -0.15) is 0 Å². The molecule has 4 N–H and O–H groups in total. The molecule has 0 aliphatic rings. The van der Waals surface area contributed by atoms with Crippen molar-refractivity contribution in [2.45, 2.75) is 40.5 Å². The van der Waals surface area contributed by atoms with Gasteiger partial charge in [0.1, 0.15) is 0 Å². The van der Waals surface area contributed by atoms with E-state index in [-0.39, 0.29) is 10.8 Å². The van der Waals surface area contributed by atoms with E-state index in [9.17, 15) is 0 Å². The van der Waals surface area contributed by atoms with E-state index in [4.69, 9.17) is 11.5 Å². The van der Waals surface area contributed by atoms with Crippen LogP contribution in [0.3, 0.4) is 0 Å². The maximum Gasteiger partial charge on any atom is -0.00231 e. The third-order valence-corrected chi connectivity index (χ3v) is 2.80. The minimum atomic E-state index is 0.226. The summed E-state index contributed by atoms with van der Waals surface area (Å²) in [6, 6.07) is 0. The molecule has 0 spiro atoms. The summed E-state index contributed by atoms with van der Waals surface area (Å²) in [6.07, 6.45) is 2.25. The molecule has 2 nitrogen and oxygen atoms in total. The van der Waals surface area contributed by atoms with Gasteiger partial charge in [-0.25, -0.2) is 0 Å². The molecule has 0 aromatic heterocycles. The summed E-state index contributed by atoms with van der Waals surface area (Å²) < 4.78 is 0. The van der Waals surface area contributed by atoms with Crippen molar-refractivity contribution in [3.05, 3.63) is 0 Å². The first kappa shape index (κ1) is 11.9. The zero-order valence-electron chi connectivity index (χ0n) is 8.98. The van der Waals surface area contributed by atoms with E-state index in [0.29, 0.717) is 0 Å². The van der Waals surface area contributed by atoms with Gasteiger partial charge in [0.05, 0.1) is 0 Å². The molecule has 0 amide bonds. The molecular weight excluding hydrogens is 148 g/mol. The van der Waals surface area contributed by atoms with Gasteiger partial charge in [-0.05, 0) is 36.8 Å². The van der Waals surface area contributed by atoms with Crippen LogP contribution < -0.4 is 11.5 Å². The van der Waals surface area contributed by atoms with Crippen LogP contribution in [0.5, 0.6) is 0 Å². The maximum absolute atomic E-state index is 5.74. The molecule has 12 heavy (non-hydrogen) atoms. The second kappa shape index (κ2) is 4.24. The number of nitrogens with two attached hydrogens (primary N) is 2. The van der Waals surface area contributed by atoms with E-state index >= 15 is 0 Å². The predicted molar refractivity (Wildman–Crippen MR) is 54.9 cm³/mol. The fourth-order valence-corrected chi connectivity index (χ4v) is 1.57. The highest BCUT2D eigenvalue weighted by Gasteiger charge is 2.28. The summed E-state index contributed by atoms with van der Waals surface area (Å²) in [5, 5.41) is 0. The second-order valence-electron chi connectivity index (χ2n) is 4.91. The summed E-state index contributed by atoms with van der Waals surface area (Å²) in [6.45, 7) is 10.3. The third-order valence-electron chi connectivity index (χ3n) is 2.80. The van der Waals surface area contributed by atoms with Gasteiger partial charge in [-0.15, -0.1) is 0 Å². The summed E-state index contributed by atoms with van der Waals surface area (Å²) in [7, 11) is 0. The first-order valence-corrected chi connectivity index (χ1v) is 4.79. The van der Waals surface area contributed by atoms with Crippen LogP contribution in [-0.2, 0) is 0 Å². The van der Waals surface area contributed by atoms with E-state index < -0.39 is 0 Å². The predicted octanol–water partition coefficient (Wildman–Crippen LogP) is 1.74. The molecule has 0 aromatic rings. The lowest BCUT2D eigenvalue weighted by atomic mass is 9.72. The zero-order chi connectivity index (χ0) is 9.83. The molecule has 0 rings (SSSR count). The molecule has 0 fully saturated rings. The Morgan fingerprint density at radius 3 is 1.75 bits per heavy atom. The number of hydrogen-bond acceptors (Lipinski definition) is 2. The smallest absolute Gasteiger partial charge is 0.00231 e. The van der Waals surface area contributed by atoms with Crippen molar-refractivity contribution < 1.29 is 0 Å². The summed E-state index contributed by atoms with van der Waals surface area (Å²) >= 11 is 0. The molecule has 0 saturated carbocycles. The van der Waals surface area contributed by atoms with E-state index in [0.717, 1.165) is 25.9 Å². The maximum atomic E-state index is 5.74. The highest BCUT2D eigenvalue weighted by Crippen LogP contribution is 2.34. The van der Waals surface area contributed by atoms with Crippen molar-refractivity contribution in [3.8, 4) is 0 Å². The molecule has 0 aliphatic heterocycles. The topological polar surface area (TPSA) is 52.0 Å². The molecule has 0 saturated heterocycles. The van der Waals surface area contributed by atoms with Gasteiger partial charge in [0.15, 0.2) is 0 Å². The van der Waals surface area contributed by atoms with Crippen molar-refractivity contribution in [3.63, 3.8) is 0 Å². The normalized spacial score (nSPS) is 17.5. The van der Waals surface area contributed by atoms with Crippen molar-refractivity contribution >= 4 is 0 Å². The van der Waals surface area contributed by atoms with Crippen LogP contribution in [0.2, 0.25) is 0 Å². The number of hydrogen-bond donors (Lipinski definition) is 2. The van der Waals surface area contributed by atoms with Gasteiger partial charge in [0, 0.05) is 0 Å². The highest BCUT2D eigenvalue weighted by atomic mass is 14.6. The van der Waals surface area contributed by atoms with Gasteiger partial charge < -0.3 is 11.5 Å². The highest BCUT2D eigenvalue weighted by molar-refractivity contribution is 4.82. The molecule has 0 aromatic carbocycles. The average molecular weight is 172 g/mol. The van der Waals surface area contributed by atoms with Crippen LogP contribution in [0.4, 0.5) is 0 Å². The van der Waals surface area contributed by atoms with E-state index in [1.54, 1.807) is 0 Å². The van der Waals surface area contributed by atoms with Gasteiger partial charge in [0.2, 0.25) is 0 Å². The van der Waals surface area contributed by atoms with E-state index in [1.807, 2.05) is 0 Å². The zero-order valence-corrected chi connectivity index (χ0v) is 8.98. The lowest BCUT2D eigenvalue weighted by Crippen LogP contribution is -2.35. The molecule has 1 atom stereocenters. The van der Waals surface area contributed by atoms with Crippen LogP contribution in [0.15, 0.2) is 0 Å². The van der Waals surface area contributed by atoms with Crippen LogP contribution in [-0.4, -0.2) is 13.1 Å². The molecule has 74 valence electrons. The molecule has 0 radical (unpaired) electrons. The summed E-state index contributed by atoms with van der Waals surface area (Å²) in [5.41, 5.74) is 11.9. The molecule has 0 heterocycles. The Morgan fingerprint density at radius 2 is 1.50 bits per heavy atom. The Balaban J connectivity index is 4.20. The van der Waals surface area contributed by atoms with Gasteiger partial charge >= 0.3 is 0 Å². The van der Waals surface area contributed by atoms with Crippen molar-refractivity contribution in [2.24, 2.45) is 22.3 Å². The molecule has 1 unspecified atom stereocenters. The monoisotopic (exact) mass is 172 g/mol. The van der Waals surface area contributed by atoms with E-state index in [2.05, 4.69) is 27.7 Å². The van der Waals surface area contributed by atoms with E-state index in [1.165, 1.54) is 0 Å². The summed E-state index contributed by atoms with van der Waals surface area (Å²) in [4.78, 5) is 0. The fraction of sp³-hybridized carbons (Fsp3) is 1.00. The Labute approximate surface area is 76.7 Å². The fourth-order valence-electron chi connectivity index (χ4n) is 1.57. The molecule has 0 bridgehead atoms.